The summed E-state index contributed by atoms with van der Waals surface area (Å²) in [6.07, 6.45) is 4.04. The third kappa shape index (κ3) is 8.94. The average Bonchev–Trinajstić information content (AvgIpc) is 3.11. The maximum Gasteiger partial charge on any atom is 0.339 e. The summed E-state index contributed by atoms with van der Waals surface area (Å²) in [5.41, 5.74) is 4.83. The highest BCUT2D eigenvalue weighted by Gasteiger charge is 2.17. The number of benzene rings is 5. The highest BCUT2D eigenvalue weighted by atomic mass is 19.1. The van der Waals surface area contributed by atoms with Crippen molar-refractivity contribution in [2.75, 3.05) is 13.2 Å². The SMILES string of the molecule is CCCCc1c(OCCCOc2cc(OCc3ccccc3)c(-c3ccc(F)cc3)cc2CC)cccc1Oc1ccccc1C(=O)O. The molecule has 1 N–H and O–H groups in total. The molecule has 0 unspecified atom stereocenters. The van der Waals surface area contributed by atoms with Crippen LogP contribution in [0.2, 0.25) is 0 Å². The Bertz CT molecular complexity index is 1790. The molecule has 0 heterocycles. The number of para-hydroxylation sites is 1. The van der Waals surface area contributed by atoms with Crippen molar-refractivity contribution in [1.82, 2.24) is 0 Å². The number of carbonyl (C=O) groups is 1. The first kappa shape index (κ1) is 34.0. The lowest BCUT2D eigenvalue weighted by molar-refractivity contribution is 0.0694. The second-order valence-corrected chi connectivity index (χ2v) is 11.4. The van der Waals surface area contributed by atoms with Gasteiger partial charge in [0.2, 0.25) is 0 Å². The minimum Gasteiger partial charge on any atom is -0.493 e. The molecule has 5 aromatic carbocycles. The van der Waals surface area contributed by atoms with E-state index in [-0.39, 0.29) is 17.1 Å². The van der Waals surface area contributed by atoms with Crippen LogP contribution in [0.15, 0.2) is 109 Å². The van der Waals surface area contributed by atoms with Crippen LogP contribution >= 0.6 is 0 Å². The third-order valence-corrected chi connectivity index (χ3v) is 7.95. The van der Waals surface area contributed by atoms with Crippen LogP contribution in [0.25, 0.3) is 11.1 Å². The first-order valence-corrected chi connectivity index (χ1v) is 16.4. The van der Waals surface area contributed by atoms with Crippen molar-refractivity contribution < 1.29 is 33.2 Å². The molecule has 0 aliphatic rings. The van der Waals surface area contributed by atoms with Crippen LogP contribution in [0.3, 0.4) is 0 Å². The minimum absolute atomic E-state index is 0.105. The van der Waals surface area contributed by atoms with Crippen molar-refractivity contribution in [3.8, 4) is 39.9 Å². The molecular weight excluding hydrogens is 607 g/mol. The van der Waals surface area contributed by atoms with Gasteiger partial charge in [0.25, 0.3) is 0 Å². The summed E-state index contributed by atoms with van der Waals surface area (Å²) >= 11 is 0. The van der Waals surface area contributed by atoms with Crippen molar-refractivity contribution in [3.63, 3.8) is 0 Å². The molecule has 0 radical (unpaired) electrons. The van der Waals surface area contributed by atoms with E-state index in [1.807, 2.05) is 54.6 Å². The topological polar surface area (TPSA) is 74.2 Å². The molecule has 0 saturated carbocycles. The molecule has 0 aliphatic carbocycles. The van der Waals surface area contributed by atoms with Gasteiger partial charge in [0.1, 0.15) is 46.7 Å². The third-order valence-electron chi connectivity index (χ3n) is 7.95. The largest absolute Gasteiger partial charge is 0.493 e. The number of carboxylic acids is 1. The zero-order valence-corrected chi connectivity index (χ0v) is 27.4. The van der Waals surface area contributed by atoms with Gasteiger partial charge in [-0.15, -0.1) is 0 Å². The number of hydrogen-bond acceptors (Lipinski definition) is 5. The average molecular weight is 649 g/mol. The van der Waals surface area contributed by atoms with Crippen LogP contribution in [-0.2, 0) is 19.4 Å². The maximum absolute atomic E-state index is 13.7. The van der Waals surface area contributed by atoms with Crippen molar-refractivity contribution >= 4 is 5.97 Å². The van der Waals surface area contributed by atoms with Crippen LogP contribution in [0.5, 0.6) is 28.7 Å². The molecule has 7 heteroatoms. The zero-order valence-electron chi connectivity index (χ0n) is 27.4. The van der Waals surface area contributed by atoms with E-state index in [0.717, 1.165) is 59.3 Å². The van der Waals surface area contributed by atoms with Crippen molar-refractivity contribution in [2.45, 2.75) is 52.6 Å². The molecule has 48 heavy (non-hydrogen) atoms. The predicted molar refractivity (Wildman–Crippen MR) is 186 cm³/mol. The van der Waals surface area contributed by atoms with E-state index in [2.05, 4.69) is 19.9 Å². The Labute approximate surface area is 281 Å². The fraction of sp³-hybridized carbons (Fsp3) is 0.244. The molecule has 0 atom stereocenters. The van der Waals surface area contributed by atoms with Crippen LogP contribution < -0.4 is 18.9 Å². The zero-order chi connectivity index (χ0) is 33.7. The van der Waals surface area contributed by atoms with E-state index in [1.165, 1.54) is 18.2 Å². The summed E-state index contributed by atoms with van der Waals surface area (Å²) < 4.78 is 38.7. The number of unbranched alkanes of at least 4 members (excludes halogenated alkanes) is 1. The summed E-state index contributed by atoms with van der Waals surface area (Å²) in [5, 5.41) is 9.62. The van der Waals surface area contributed by atoms with E-state index in [9.17, 15) is 14.3 Å². The molecular formula is C41H41FO6. The van der Waals surface area contributed by atoms with Crippen LogP contribution in [-0.4, -0.2) is 24.3 Å². The number of aryl methyl sites for hydroxylation is 1. The van der Waals surface area contributed by atoms with Gasteiger partial charge >= 0.3 is 5.97 Å². The summed E-state index contributed by atoms with van der Waals surface area (Å²) in [5.74, 6) is 1.66. The second kappa shape index (κ2) is 17.0. The molecule has 0 bridgehead atoms. The summed E-state index contributed by atoms with van der Waals surface area (Å²) in [6.45, 7) is 5.43. The number of halogens is 1. The molecule has 248 valence electrons. The van der Waals surface area contributed by atoms with Crippen LogP contribution in [0.1, 0.15) is 60.2 Å². The quantitative estimate of drug-likeness (QED) is 0.101. The number of ether oxygens (including phenoxy) is 4. The fourth-order valence-corrected chi connectivity index (χ4v) is 5.38. The Morgan fingerprint density at radius 1 is 0.688 bits per heavy atom. The first-order valence-electron chi connectivity index (χ1n) is 16.4. The van der Waals surface area contributed by atoms with E-state index in [0.29, 0.717) is 43.5 Å². The minimum atomic E-state index is -1.04. The Hall–Kier alpha value is -5.30. The molecule has 6 nitrogen and oxygen atoms in total. The van der Waals surface area contributed by atoms with Gasteiger partial charge in [-0.05, 0) is 78.4 Å². The van der Waals surface area contributed by atoms with Gasteiger partial charge in [-0.2, -0.15) is 0 Å². The van der Waals surface area contributed by atoms with Gasteiger partial charge in [-0.25, -0.2) is 9.18 Å². The summed E-state index contributed by atoms with van der Waals surface area (Å²) in [6, 6.07) is 32.6. The maximum atomic E-state index is 13.7. The monoisotopic (exact) mass is 648 g/mol. The van der Waals surface area contributed by atoms with Crippen LogP contribution in [0.4, 0.5) is 4.39 Å². The van der Waals surface area contributed by atoms with Crippen molar-refractivity contribution in [1.29, 1.82) is 0 Å². The van der Waals surface area contributed by atoms with Gasteiger partial charge in [-0.3, -0.25) is 0 Å². The number of aromatic carboxylic acids is 1. The number of carboxylic acid groups (broad SMARTS) is 1. The molecule has 0 amide bonds. The molecule has 0 spiro atoms. The number of hydrogen-bond donors (Lipinski definition) is 1. The first-order chi connectivity index (χ1) is 23.5. The smallest absolute Gasteiger partial charge is 0.339 e. The highest BCUT2D eigenvalue weighted by Crippen LogP contribution is 2.38. The van der Waals surface area contributed by atoms with Crippen LogP contribution in [0, 0.1) is 5.82 Å². The van der Waals surface area contributed by atoms with Gasteiger partial charge in [-0.1, -0.05) is 80.9 Å². The normalized spacial score (nSPS) is 10.8. The molecule has 0 fully saturated rings. The van der Waals surface area contributed by atoms with Gasteiger partial charge < -0.3 is 24.1 Å². The lowest BCUT2D eigenvalue weighted by Gasteiger charge is -2.18. The molecule has 5 rings (SSSR count). The Balaban J connectivity index is 1.28. The second-order valence-electron chi connectivity index (χ2n) is 11.4. The fourth-order valence-electron chi connectivity index (χ4n) is 5.38. The summed E-state index contributed by atoms with van der Waals surface area (Å²) in [4.78, 5) is 11.7. The van der Waals surface area contributed by atoms with Gasteiger partial charge in [0.05, 0.1) is 13.2 Å². The molecule has 0 aliphatic heterocycles. The standard InChI is InChI=1S/C41H41FO6/c1-3-5-15-33-36(18-11-19-37(33)48-38-17-10-9-16-34(38)41(43)44)45-24-12-25-46-39-27-40(47-28-29-13-7-6-8-14-29)35(26-30(39)4-2)31-20-22-32(42)23-21-31/h6-11,13-14,16-23,26-27H,3-5,12,15,24-25,28H2,1-2H3,(H,43,44). The Morgan fingerprint density at radius 3 is 2.10 bits per heavy atom. The Morgan fingerprint density at radius 2 is 1.38 bits per heavy atom. The number of rotatable bonds is 17. The molecule has 5 aromatic rings. The lowest BCUT2D eigenvalue weighted by atomic mass is 10.00. The predicted octanol–water partition coefficient (Wildman–Crippen LogP) is 10.3. The lowest BCUT2D eigenvalue weighted by Crippen LogP contribution is -2.08. The van der Waals surface area contributed by atoms with Crippen molar-refractivity contribution in [3.05, 3.63) is 137 Å². The van der Waals surface area contributed by atoms with E-state index < -0.39 is 5.97 Å². The van der Waals surface area contributed by atoms with Gasteiger partial charge in [0, 0.05) is 23.6 Å². The van der Waals surface area contributed by atoms with Gasteiger partial charge in [0.15, 0.2) is 0 Å². The van der Waals surface area contributed by atoms with E-state index in [1.54, 1.807) is 30.3 Å². The van der Waals surface area contributed by atoms with E-state index >= 15 is 0 Å². The van der Waals surface area contributed by atoms with E-state index in [4.69, 9.17) is 18.9 Å². The van der Waals surface area contributed by atoms with Crippen molar-refractivity contribution in [2.24, 2.45) is 0 Å². The Kier molecular flexibility index (Phi) is 12.1. The summed E-state index contributed by atoms with van der Waals surface area (Å²) in [7, 11) is 0. The molecule has 0 aromatic heterocycles. The molecule has 0 saturated heterocycles. The highest BCUT2D eigenvalue weighted by molar-refractivity contribution is 5.91.